The van der Waals surface area contributed by atoms with Crippen molar-refractivity contribution in [2.24, 2.45) is 0 Å². The average Bonchev–Trinajstić information content (AvgIpc) is 2.31. The zero-order valence-corrected chi connectivity index (χ0v) is 8.51. The first-order chi connectivity index (χ1) is 7.38. The van der Waals surface area contributed by atoms with Crippen molar-refractivity contribution < 1.29 is 0 Å². The second-order valence-electron chi connectivity index (χ2n) is 3.18. The summed E-state index contributed by atoms with van der Waals surface area (Å²) < 4.78 is 0. The van der Waals surface area contributed by atoms with Crippen LogP contribution in [0.2, 0.25) is 0 Å². The van der Waals surface area contributed by atoms with Crippen molar-refractivity contribution in [2.75, 3.05) is 12.4 Å². The van der Waals surface area contributed by atoms with Crippen molar-refractivity contribution in [1.82, 2.24) is 15.0 Å². The molecule has 0 saturated carbocycles. The van der Waals surface area contributed by atoms with Gasteiger partial charge in [-0.25, -0.2) is 4.98 Å². The molecular formula is C11H12N4. The lowest BCUT2D eigenvalue weighted by Crippen LogP contribution is -1.98. The standard InChI is InChI=1S/C11H12N4/c1-12-11-8-14-7-10(15-11)6-9-2-4-13-5-3-9/h2-5,7-8H,6H2,1H3,(H,12,15). The Kier molecular flexibility index (Phi) is 2.88. The monoisotopic (exact) mass is 200 g/mol. The van der Waals surface area contributed by atoms with Gasteiger partial charge >= 0.3 is 0 Å². The van der Waals surface area contributed by atoms with E-state index < -0.39 is 0 Å². The van der Waals surface area contributed by atoms with Gasteiger partial charge in [-0.05, 0) is 17.7 Å². The van der Waals surface area contributed by atoms with Gasteiger partial charge in [-0.1, -0.05) is 0 Å². The Morgan fingerprint density at radius 3 is 2.67 bits per heavy atom. The lowest BCUT2D eigenvalue weighted by Gasteiger charge is -2.02. The van der Waals surface area contributed by atoms with Crippen LogP contribution in [0.5, 0.6) is 0 Å². The number of nitrogens with one attached hydrogen (secondary N) is 1. The molecule has 0 fully saturated rings. The minimum Gasteiger partial charge on any atom is -0.372 e. The Bertz CT molecular complexity index is 428. The van der Waals surface area contributed by atoms with Gasteiger partial charge < -0.3 is 5.32 Å². The maximum atomic E-state index is 4.39. The molecule has 4 nitrogen and oxygen atoms in total. The maximum Gasteiger partial charge on any atom is 0.144 e. The van der Waals surface area contributed by atoms with Crippen LogP contribution in [0.1, 0.15) is 11.3 Å². The summed E-state index contributed by atoms with van der Waals surface area (Å²) in [5.41, 5.74) is 2.14. The fourth-order valence-corrected chi connectivity index (χ4v) is 1.32. The van der Waals surface area contributed by atoms with Gasteiger partial charge in [0, 0.05) is 32.1 Å². The van der Waals surface area contributed by atoms with Crippen LogP contribution >= 0.6 is 0 Å². The lowest BCUT2D eigenvalue weighted by atomic mass is 10.1. The Morgan fingerprint density at radius 1 is 1.13 bits per heavy atom. The molecule has 2 rings (SSSR count). The van der Waals surface area contributed by atoms with Crippen molar-refractivity contribution in [3.8, 4) is 0 Å². The third-order valence-electron chi connectivity index (χ3n) is 2.08. The fraction of sp³-hybridized carbons (Fsp3) is 0.182. The summed E-state index contributed by atoms with van der Waals surface area (Å²) in [5, 5.41) is 2.97. The molecular weight excluding hydrogens is 188 g/mol. The van der Waals surface area contributed by atoms with E-state index in [1.165, 1.54) is 5.56 Å². The summed E-state index contributed by atoms with van der Waals surface area (Å²) >= 11 is 0. The molecule has 0 amide bonds. The van der Waals surface area contributed by atoms with Gasteiger partial charge in [0.15, 0.2) is 0 Å². The molecule has 2 aromatic heterocycles. The summed E-state index contributed by atoms with van der Waals surface area (Å²) in [5.74, 6) is 0.793. The summed E-state index contributed by atoms with van der Waals surface area (Å²) in [6.07, 6.45) is 7.83. The zero-order valence-electron chi connectivity index (χ0n) is 8.51. The molecule has 15 heavy (non-hydrogen) atoms. The van der Waals surface area contributed by atoms with Gasteiger partial charge in [0.2, 0.25) is 0 Å². The summed E-state index contributed by atoms with van der Waals surface area (Å²) in [4.78, 5) is 12.5. The molecule has 0 aliphatic heterocycles. The zero-order chi connectivity index (χ0) is 10.5. The van der Waals surface area contributed by atoms with Crippen molar-refractivity contribution >= 4 is 5.82 Å². The van der Waals surface area contributed by atoms with Crippen molar-refractivity contribution in [2.45, 2.75) is 6.42 Å². The molecule has 0 aliphatic rings. The number of aromatic nitrogens is 3. The minimum absolute atomic E-state index is 0.783. The summed E-state index contributed by atoms with van der Waals surface area (Å²) in [6, 6.07) is 3.96. The topological polar surface area (TPSA) is 50.7 Å². The molecule has 2 heterocycles. The molecule has 0 unspecified atom stereocenters. The van der Waals surface area contributed by atoms with Crippen molar-refractivity contribution in [3.63, 3.8) is 0 Å². The van der Waals surface area contributed by atoms with Crippen LogP contribution in [0.3, 0.4) is 0 Å². The highest BCUT2D eigenvalue weighted by Gasteiger charge is 1.98. The predicted octanol–water partition coefficient (Wildman–Crippen LogP) is 1.50. The number of rotatable bonds is 3. The number of pyridine rings is 1. The van der Waals surface area contributed by atoms with Gasteiger partial charge in [0.05, 0.1) is 11.9 Å². The third-order valence-corrected chi connectivity index (χ3v) is 2.08. The molecule has 0 bridgehead atoms. The van der Waals surface area contributed by atoms with E-state index in [0.717, 1.165) is 17.9 Å². The highest BCUT2D eigenvalue weighted by molar-refractivity contribution is 5.31. The van der Waals surface area contributed by atoms with Crippen molar-refractivity contribution in [3.05, 3.63) is 48.2 Å². The second kappa shape index (κ2) is 4.50. The van der Waals surface area contributed by atoms with E-state index in [-0.39, 0.29) is 0 Å². The summed E-state index contributed by atoms with van der Waals surface area (Å²) in [7, 11) is 1.83. The number of nitrogens with zero attached hydrogens (tertiary/aromatic N) is 3. The van der Waals surface area contributed by atoms with Crippen LogP contribution in [0.25, 0.3) is 0 Å². The highest BCUT2D eigenvalue weighted by atomic mass is 15.0. The molecule has 0 spiro atoms. The van der Waals surface area contributed by atoms with Crippen molar-refractivity contribution in [1.29, 1.82) is 0 Å². The van der Waals surface area contributed by atoms with Crippen LogP contribution in [-0.4, -0.2) is 22.0 Å². The molecule has 76 valence electrons. The average molecular weight is 200 g/mol. The van der Waals surface area contributed by atoms with E-state index >= 15 is 0 Å². The van der Waals surface area contributed by atoms with Gasteiger partial charge in [0.1, 0.15) is 5.82 Å². The molecule has 0 aliphatic carbocycles. The second-order valence-corrected chi connectivity index (χ2v) is 3.18. The van der Waals surface area contributed by atoms with E-state index in [1.807, 2.05) is 19.2 Å². The summed E-state index contributed by atoms with van der Waals surface area (Å²) in [6.45, 7) is 0. The van der Waals surface area contributed by atoms with E-state index in [2.05, 4.69) is 20.3 Å². The Hall–Kier alpha value is -1.97. The Morgan fingerprint density at radius 2 is 1.93 bits per heavy atom. The minimum atomic E-state index is 0.783. The first-order valence-corrected chi connectivity index (χ1v) is 4.76. The molecule has 1 N–H and O–H groups in total. The van der Waals surface area contributed by atoms with E-state index in [9.17, 15) is 0 Å². The smallest absolute Gasteiger partial charge is 0.144 e. The van der Waals surface area contributed by atoms with Gasteiger partial charge in [0.25, 0.3) is 0 Å². The predicted molar refractivity (Wildman–Crippen MR) is 58.6 cm³/mol. The molecule has 0 atom stereocenters. The lowest BCUT2D eigenvalue weighted by molar-refractivity contribution is 1.03. The van der Waals surface area contributed by atoms with Crippen LogP contribution in [0.4, 0.5) is 5.82 Å². The highest BCUT2D eigenvalue weighted by Crippen LogP contribution is 2.07. The number of hydrogen-bond donors (Lipinski definition) is 1. The first-order valence-electron chi connectivity index (χ1n) is 4.76. The fourth-order valence-electron chi connectivity index (χ4n) is 1.32. The third kappa shape index (κ3) is 2.49. The van der Waals surface area contributed by atoms with Gasteiger partial charge in [-0.2, -0.15) is 0 Å². The SMILES string of the molecule is CNc1cncc(Cc2ccncc2)n1. The van der Waals surface area contributed by atoms with E-state index in [0.29, 0.717) is 0 Å². The molecule has 0 radical (unpaired) electrons. The van der Waals surface area contributed by atoms with Crippen LogP contribution in [0.15, 0.2) is 36.9 Å². The van der Waals surface area contributed by atoms with Gasteiger partial charge in [-0.15, -0.1) is 0 Å². The van der Waals surface area contributed by atoms with E-state index in [4.69, 9.17) is 0 Å². The molecule has 0 saturated heterocycles. The largest absolute Gasteiger partial charge is 0.372 e. The first kappa shape index (κ1) is 9.58. The molecule has 2 aromatic rings. The Balaban J connectivity index is 2.17. The van der Waals surface area contributed by atoms with E-state index in [1.54, 1.807) is 24.8 Å². The number of anilines is 1. The van der Waals surface area contributed by atoms with Crippen LogP contribution < -0.4 is 5.32 Å². The maximum absolute atomic E-state index is 4.39. The number of hydrogen-bond acceptors (Lipinski definition) is 4. The van der Waals surface area contributed by atoms with Crippen LogP contribution in [0, 0.1) is 0 Å². The van der Waals surface area contributed by atoms with Crippen LogP contribution in [-0.2, 0) is 6.42 Å². The molecule has 0 aromatic carbocycles. The van der Waals surface area contributed by atoms with Gasteiger partial charge in [-0.3, -0.25) is 9.97 Å². The molecule has 4 heteroatoms. The quantitative estimate of drug-likeness (QED) is 0.815. The Labute approximate surface area is 88.4 Å². The normalized spacial score (nSPS) is 9.93.